The summed E-state index contributed by atoms with van der Waals surface area (Å²) in [6.45, 7) is 8.21. The molecule has 3 aromatic rings. The summed E-state index contributed by atoms with van der Waals surface area (Å²) in [5.74, 6) is -4.03. The number of aliphatic carboxylic acids is 1. The maximum Gasteiger partial charge on any atom is 0.408 e. The van der Waals surface area contributed by atoms with Crippen LogP contribution in [0.3, 0.4) is 0 Å². The Morgan fingerprint density at radius 1 is 0.864 bits per heavy atom. The number of amides is 3. The summed E-state index contributed by atoms with van der Waals surface area (Å²) in [4.78, 5) is 67.4. The van der Waals surface area contributed by atoms with E-state index in [-0.39, 0.29) is 13.0 Å². The van der Waals surface area contributed by atoms with Crippen LogP contribution in [-0.4, -0.2) is 63.7 Å². The zero-order valence-electron chi connectivity index (χ0n) is 25.5. The van der Waals surface area contributed by atoms with Crippen molar-refractivity contribution in [3.63, 3.8) is 0 Å². The number of aromatic nitrogens is 1. The Kier molecular flexibility index (Phi) is 11.5. The van der Waals surface area contributed by atoms with Crippen LogP contribution in [-0.2, 0) is 41.7 Å². The van der Waals surface area contributed by atoms with Crippen molar-refractivity contribution in [1.82, 2.24) is 20.9 Å². The van der Waals surface area contributed by atoms with E-state index in [0.717, 1.165) is 10.9 Å². The molecule has 3 atom stereocenters. The summed E-state index contributed by atoms with van der Waals surface area (Å²) in [5.41, 5.74) is 1.36. The number of benzene rings is 2. The van der Waals surface area contributed by atoms with E-state index in [1.807, 2.05) is 30.3 Å². The van der Waals surface area contributed by atoms with Crippen LogP contribution in [0.15, 0.2) is 60.8 Å². The highest BCUT2D eigenvalue weighted by atomic mass is 16.6. The zero-order valence-corrected chi connectivity index (χ0v) is 25.5. The van der Waals surface area contributed by atoms with Crippen LogP contribution in [0.2, 0.25) is 0 Å². The van der Waals surface area contributed by atoms with Crippen molar-refractivity contribution < 1.29 is 38.6 Å². The fourth-order valence-electron chi connectivity index (χ4n) is 4.44. The van der Waals surface area contributed by atoms with E-state index >= 15 is 0 Å². The predicted octanol–water partition coefficient (Wildman–Crippen LogP) is 3.45. The van der Waals surface area contributed by atoms with Gasteiger partial charge in [-0.1, -0.05) is 62.4 Å². The van der Waals surface area contributed by atoms with Crippen LogP contribution >= 0.6 is 0 Å². The Morgan fingerprint density at radius 3 is 2.14 bits per heavy atom. The van der Waals surface area contributed by atoms with E-state index < -0.39 is 65.9 Å². The molecule has 0 saturated carbocycles. The molecule has 44 heavy (non-hydrogen) atoms. The molecule has 0 bridgehead atoms. The van der Waals surface area contributed by atoms with Crippen LogP contribution in [0, 0.1) is 5.92 Å². The third kappa shape index (κ3) is 10.1. The Labute approximate surface area is 255 Å². The Bertz CT molecular complexity index is 1460. The van der Waals surface area contributed by atoms with Gasteiger partial charge >= 0.3 is 18.0 Å². The largest absolute Gasteiger partial charge is 0.480 e. The number of carboxylic acid groups (broad SMARTS) is 1. The van der Waals surface area contributed by atoms with Crippen molar-refractivity contribution in [3.8, 4) is 0 Å². The summed E-state index contributed by atoms with van der Waals surface area (Å²) in [5, 5.41) is 18.0. The van der Waals surface area contributed by atoms with Crippen molar-refractivity contribution in [3.05, 3.63) is 71.9 Å². The van der Waals surface area contributed by atoms with Gasteiger partial charge in [-0.05, 0) is 43.9 Å². The molecule has 12 heteroatoms. The second-order valence-electron chi connectivity index (χ2n) is 11.7. The van der Waals surface area contributed by atoms with E-state index in [1.54, 1.807) is 65.1 Å². The first-order valence-electron chi connectivity index (χ1n) is 14.3. The van der Waals surface area contributed by atoms with E-state index in [2.05, 4.69) is 20.9 Å². The van der Waals surface area contributed by atoms with Crippen LogP contribution < -0.4 is 16.0 Å². The molecule has 236 valence electrons. The van der Waals surface area contributed by atoms with E-state index in [0.29, 0.717) is 11.1 Å². The minimum atomic E-state index is -1.47. The number of hydrogen-bond acceptors (Lipinski definition) is 7. The Hall–Kier alpha value is -4.87. The second-order valence-corrected chi connectivity index (χ2v) is 11.7. The highest BCUT2D eigenvalue weighted by molar-refractivity contribution is 5.95. The van der Waals surface area contributed by atoms with Crippen molar-refractivity contribution >= 4 is 40.7 Å². The molecule has 0 spiro atoms. The lowest BCUT2D eigenvalue weighted by atomic mass is 10.0. The molecule has 2 aromatic carbocycles. The number of hydrogen-bond donors (Lipinski definition) is 5. The van der Waals surface area contributed by atoms with Crippen LogP contribution in [0.4, 0.5) is 4.79 Å². The molecular formula is C32H40N4O8. The molecule has 5 N–H and O–H groups in total. The molecule has 0 radical (unpaired) electrons. The number of esters is 1. The molecule has 0 saturated heterocycles. The molecule has 0 aliphatic rings. The average Bonchev–Trinajstić information content (AvgIpc) is 3.35. The average molecular weight is 609 g/mol. The number of alkyl carbamates (subject to hydrolysis) is 1. The first-order valence-corrected chi connectivity index (χ1v) is 14.3. The molecule has 12 nitrogen and oxygen atoms in total. The van der Waals surface area contributed by atoms with E-state index in [4.69, 9.17) is 9.47 Å². The van der Waals surface area contributed by atoms with Gasteiger partial charge in [-0.2, -0.15) is 0 Å². The normalized spacial score (nSPS) is 13.4. The van der Waals surface area contributed by atoms with E-state index in [9.17, 15) is 29.1 Å². The number of carboxylic acids is 1. The molecule has 0 fully saturated rings. The maximum atomic E-state index is 13.6. The number of carbonyl (C=O) groups excluding carboxylic acids is 4. The number of rotatable bonds is 13. The molecule has 3 rings (SSSR count). The standard InChI is InChI=1S/C32H40N4O8/c1-19(2)27(30(40)41)36-29(39)24(15-21-17-33-23-14-10-9-13-22(21)23)34-28(38)25(16-26(37)44-32(3,4)5)35-31(42)43-18-20-11-7-6-8-12-20/h6-14,17,19,24-25,27,33H,15-16,18H2,1-5H3,(H,34,38)(H,35,42)(H,36,39)(H,40,41)/t24-,25-,27-/m0/s1. The SMILES string of the molecule is CC(C)[C@H](NC(=O)[C@H](Cc1c[nH]c2ccccc12)NC(=O)[C@H](CC(=O)OC(C)(C)C)NC(=O)OCc1ccccc1)C(=O)O. The highest BCUT2D eigenvalue weighted by Crippen LogP contribution is 2.20. The minimum Gasteiger partial charge on any atom is -0.480 e. The minimum absolute atomic E-state index is 0.0103. The lowest BCUT2D eigenvalue weighted by Crippen LogP contribution is -2.57. The number of fused-ring (bicyclic) bond motifs is 1. The first-order chi connectivity index (χ1) is 20.7. The summed E-state index contributed by atoms with van der Waals surface area (Å²) >= 11 is 0. The third-order valence-corrected chi connectivity index (χ3v) is 6.57. The maximum absolute atomic E-state index is 13.6. The first kappa shape index (κ1) is 33.6. The second kappa shape index (κ2) is 15.0. The van der Waals surface area contributed by atoms with Crippen LogP contribution in [0.5, 0.6) is 0 Å². The Morgan fingerprint density at radius 2 is 1.50 bits per heavy atom. The van der Waals surface area contributed by atoms with Gasteiger partial charge in [0.05, 0.1) is 6.42 Å². The van der Waals surface area contributed by atoms with Gasteiger partial charge < -0.3 is 35.5 Å². The van der Waals surface area contributed by atoms with Crippen molar-refractivity contribution in [1.29, 1.82) is 0 Å². The topological polar surface area (TPSA) is 176 Å². The van der Waals surface area contributed by atoms with Gasteiger partial charge in [-0.15, -0.1) is 0 Å². The number of H-pyrrole nitrogens is 1. The highest BCUT2D eigenvalue weighted by Gasteiger charge is 2.33. The fraction of sp³-hybridized carbons (Fsp3) is 0.406. The number of nitrogens with one attached hydrogen (secondary N) is 4. The lowest BCUT2D eigenvalue weighted by molar-refractivity contribution is -0.156. The molecule has 1 aromatic heterocycles. The zero-order chi connectivity index (χ0) is 32.4. The number of ether oxygens (including phenoxy) is 2. The number of carbonyl (C=O) groups is 5. The van der Waals surface area contributed by atoms with E-state index in [1.165, 1.54) is 0 Å². The number of aromatic amines is 1. The fourth-order valence-corrected chi connectivity index (χ4v) is 4.44. The summed E-state index contributed by atoms with van der Waals surface area (Å²) < 4.78 is 10.6. The molecule has 1 heterocycles. The van der Waals surface area contributed by atoms with Crippen LogP contribution in [0.1, 0.15) is 52.2 Å². The molecule has 0 aliphatic heterocycles. The smallest absolute Gasteiger partial charge is 0.408 e. The monoisotopic (exact) mass is 608 g/mol. The number of para-hydroxylation sites is 1. The van der Waals surface area contributed by atoms with Gasteiger partial charge in [0.15, 0.2) is 0 Å². The van der Waals surface area contributed by atoms with Crippen molar-refractivity contribution in [2.45, 2.75) is 77.8 Å². The molecular weight excluding hydrogens is 568 g/mol. The third-order valence-electron chi connectivity index (χ3n) is 6.57. The van der Waals surface area contributed by atoms with Gasteiger partial charge in [0.1, 0.15) is 30.3 Å². The molecule has 3 amide bonds. The van der Waals surface area contributed by atoms with Gasteiger partial charge in [0.2, 0.25) is 11.8 Å². The molecule has 0 unspecified atom stereocenters. The summed E-state index contributed by atoms with van der Waals surface area (Å²) in [7, 11) is 0. The van der Waals surface area contributed by atoms with Gasteiger partial charge in [0.25, 0.3) is 0 Å². The van der Waals surface area contributed by atoms with Gasteiger partial charge in [0, 0.05) is 23.5 Å². The predicted molar refractivity (Wildman–Crippen MR) is 162 cm³/mol. The van der Waals surface area contributed by atoms with Gasteiger partial charge in [-0.3, -0.25) is 14.4 Å². The summed E-state index contributed by atoms with van der Waals surface area (Å²) in [6.07, 6.45) is 0.185. The summed E-state index contributed by atoms with van der Waals surface area (Å²) in [6, 6.07) is 12.3. The van der Waals surface area contributed by atoms with Crippen LogP contribution in [0.25, 0.3) is 10.9 Å². The van der Waals surface area contributed by atoms with Crippen molar-refractivity contribution in [2.24, 2.45) is 5.92 Å². The van der Waals surface area contributed by atoms with Crippen molar-refractivity contribution in [2.75, 3.05) is 0 Å². The Balaban J connectivity index is 1.85. The molecule has 0 aliphatic carbocycles. The van der Waals surface area contributed by atoms with Gasteiger partial charge in [-0.25, -0.2) is 9.59 Å². The quantitative estimate of drug-likeness (QED) is 0.183. The lowest BCUT2D eigenvalue weighted by Gasteiger charge is -2.26.